The standard InChI is InChI=1S/C26H28O14/c27-7-16-19(33)20(34)23(40-25-24(35)26(36,8-28)9-37-25)22(39-16)18-13(31)5-12(30)17-14(32)6-15(38-21(17)18)10-1-3-11(29)4-2-10/h1-6,16,19-20,22-25,27-31,33-36H,7-9H2/t16-,19-,20+,22+,23-,24+,25+,26-/m1/s1. The van der Waals surface area contributed by atoms with E-state index in [0.29, 0.717) is 5.56 Å². The Labute approximate surface area is 225 Å². The summed E-state index contributed by atoms with van der Waals surface area (Å²) in [5, 5.41) is 92.3. The third-order valence-corrected chi connectivity index (χ3v) is 7.17. The van der Waals surface area contributed by atoms with Gasteiger partial charge in [0, 0.05) is 17.7 Å². The van der Waals surface area contributed by atoms with Crippen LogP contribution in [0.25, 0.3) is 22.3 Å². The molecule has 5 rings (SSSR count). The Balaban J connectivity index is 1.67. The zero-order valence-electron chi connectivity index (χ0n) is 20.7. The number of rotatable bonds is 6. The summed E-state index contributed by atoms with van der Waals surface area (Å²) in [6.45, 7) is -2.21. The van der Waals surface area contributed by atoms with Crippen molar-refractivity contribution in [3.8, 4) is 28.6 Å². The number of hydrogen-bond donors (Lipinski definition) is 9. The summed E-state index contributed by atoms with van der Waals surface area (Å²) >= 11 is 0. The van der Waals surface area contributed by atoms with Crippen LogP contribution in [0.15, 0.2) is 45.6 Å². The smallest absolute Gasteiger partial charge is 0.197 e. The van der Waals surface area contributed by atoms with E-state index < -0.39 is 85.3 Å². The van der Waals surface area contributed by atoms with Gasteiger partial charge in [-0.15, -0.1) is 0 Å². The number of phenols is 3. The van der Waals surface area contributed by atoms with Crippen molar-refractivity contribution in [2.24, 2.45) is 0 Å². The van der Waals surface area contributed by atoms with Crippen LogP contribution in [0.5, 0.6) is 17.2 Å². The summed E-state index contributed by atoms with van der Waals surface area (Å²) in [4.78, 5) is 13.1. The first-order valence-corrected chi connectivity index (χ1v) is 12.2. The zero-order valence-corrected chi connectivity index (χ0v) is 20.7. The minimum Gasteiger partial charge on any atom is -0.508 e. The maximum Gasteiger partial charge on any atom is 0.197 e. The van der Waals surface area contributed by atoms with Crippen LogP contribution in [0.3, 0.4) is 0 Å². The van der Waals surface area contributed by atoms with Crippen LogP contribution < -0.4 is 5.43 Å². The SMILES string of the molecule is O=c1cc(-c2ccc(O)cc2)oc2c([C@@H]3O[C@H](CO)[C@@H](O)[C@H](O)[C@H]3O[C@@H]3OC[C@](O)(CO)[C@H]3O)c(O)cc(O)c12. The summed E-state index contributed by atoms with van der Waals surface area (Å²) in [7, 11) is 0. The molecule has 0 radical (unpaired) electrons. The first-order chi connectivity index (χ1) is 19.0. The number of hydrogen-bond acceptors (Lipinski definition) is 14. The van der Waals surface area contributed by atoms with Gasteiger partial charge < -0.3 is 64.6 Å². The summed E-state index contributed by atoms with van der Waals surface area (Å²) < 4.78 is 22.7. The number of aliphatic hydroxyl groups is 6. The maximum atomic E-state index is 13.1. The average Bonchev–Trinajstić information content (AvgIpc) is 3.21. The predicted octanol–water partition coefficient (Wildman–Crippen LogP) is -1.44. The Morgan fingerprint density at radius 2 is 1.68 bits per heavy atom. The molecule has 3 heterocycles. The van der Waals surface area contributed by atoms with E-state index in [9.17, 15) is 50.8 Å². The molecule has 14 heteroatoms. The summed E-state index contributed by atoms with van der Waals surface area (Å²) in [5.41, 5.74) is -3.17. The van der Waals surface area contributed by atoms with E-state index in [1.54, 1.807) is 0 Å². The Hall–Kier alpha value is -3.31. The van der Waals surface area contributed by atoms with Crippen LogP contribution in [-0.4, -0.2) is 108 Å². The van der Waals surface area contributed by atoms with E-state index in [1.807, 2.05) is 0 Å². The molecule has 9 N–H and O–H groups in total. The number of fused-ring (bicyclic) bond motifs is 1. The van der Waals surface area contributed by atoms with Crippen LogP contribution in [0.1, 0.15) is 11.7 Å². The van der Waals surface area contributed by atoms with Crippen molar-refractivity contribution in [1.29, 1.82) is 0 Å². The fourth-order valence-corrected chi connectivity index (χ4v) is 4.90. The van der Waals surface area contributed by atoms with E-state index in [4.69, 9.17) is 18.6 Å². The predicted molar refractivity (Wildman–Crippen MR) is 132 cm³/mol. The molecule has 8 atom stereocenters. The van der Waals surface area contributed by atoms with Crippen LogP contribution in [0.2, 0.25) is 0 Å². The molecule has 2 saturated heterocycles. The van der Waals surface area contributed by atoms with Crippen molar-refractivity contribution in [2.75, 3.05) is 19.8 Å². The van der Waals surface area contributed by atoms with E-state index in [2.05, 4.69) is 0 Å². The molecule has 216 valence electrons. The highest BCUT2D eigenvalue weighted by Gasteiger charge is 2.53. The van der Waals surface area contributed by atoms with Gasteiger partial charge in [0.15, 0.2) is 17.3 Å². The number of ether oxygens (including phenoxy) is 3. The largest absolute Gasteiger partial charge is 0.508 e. The summed E-state index contributed by atoms with van der Waals surface area (Å²) in [6.07, 6.45) is -11.7. The van der Waals surface area contributed by atoms with Gasteiger partial charge in [-0.2, -0.15) is 0 Å². The van der Waals surface area contributed by atoms with Gasteiger partial charge in [0.2, 0.25) is 0 Å². The summed E-state index contributed by atoms with van der Waals surface area (Å²) in [6, 6.07) is 7.52. The lowest BCUT2D eigenvalue weighted by Gasteiger charge is -2.43. The maximum absolute atomic E-state index is 13.1. The van der Waals surface area contributed by atoms with Crippen molar-refractivity contribution in [3.05, 3.63) is 52.2 Å². The van der Waals surface area contributed by atoms with Gasteiger partial charge in [-0.25, -0.2) is 0 Å². The van der Waals surface area contributed by atoms with Gasteiger partial charge in [-0.05, 0) is 24.3 Å². The van der Waals surface area contributed by atoms with Crippen molar-refractivity contribution in [1.82, 2.24) is 0 Å². The number of aromatic hydroxyl groups is 3. The van der Waals surface area contributed by atoms with E-state index in [-0.39, 0.29) is 28.0 Å². The van der Waals surface area contributed by atoms with Crippen molar-refractivity contribution >= 4 is 11.0 Å². The first kappa shape index (κ1) is 28.2. The quantitative estimate of drug-likeness (QED) is 0.167. The van der Waals surface area contributed by atoms with Crippen LogP contribution in [-0.2, 0) is 14.2 Å². The van der Waals surface area contributed by atoms with E-state index in [0.717, 1.165) is 12.1 Å². The second-order valence-corrected chi connectivity index (χ2v) is 9.80. The third-order valence-electron chi connectivity index (χ3n) is 7.17. The van der Waals surface area contributed by atoms with E-state index >= 15 is 0 Å². The molecule has 1 aromatic heterocycles. The molecular formula is C26H28O14. The third kappa shape index (κ3) is 4.68. The molecule has 2 aliphatic rings. The Morgan fingerprint density at radius 3 is 2.30 bits per heavy atom. The molecule has 3 aromatic rings. The van der Waals surface area contributed by atoms with Crippen molar-refractivity contribution < 1.29 is 64.6 Å². The normalized spacial score (nSPS) is 32.5. The number of phenolic OH excluding ortho intramolecular Hbond substituents is 3. The number of aliphatic hydroxyl groups excluding tert-OH is 5. The van der Waals surface area contributed by atoms with Crippen LogP contribution in [0.4, 0.5) is 0 Å². The molecular weight excluding hydrogens is 536 g/mol. The number of benzene rings is 2. The van der Waals surface area contributed by atoms with E-state index in [1.165, 1.54) is 24.3 Å². The second-order valence-electron chi connectivity index (χ2n) is 9.80. The van der Waals surface area contributed by atoms with Gasteiger partial charge >= 0.3 is 0 Å². The lowest BCUT2D eigenvalue weighted by Crippen LogP contribution is -2.58. The van der Waals surface area contributed by atoms with Gasteiger partial charge in [0.25, 0.3) is 0 Å². The molecule has 0 spiro atoms. The highest BCUT2D eigenvalue weighted by molar-refractivity contribution is 5.89. The van der Waals surface area contributed by atoms with Crippen LogP contribution in [0, 0.1) is 0 Å². The minimum absolute atomic E-state index is 0.0288. The zero-order chi connectivity index (χ0) is 28.9. The monoisotopic (exact) mass is 564 g/mol. The highest BCUT2D eigenvalue weighted by atomic mass is 16.7. The lowest BCUT2D eigenvalue weighted by atomic mass is 9.89. The minimum atomic E-state index is -2.09. The Morgan fingerprint density at radius 1 is 0.975 bits per heavy atom. The summed E-state index contributed by atoms with van der Waals surface area (Å²) in [5.74, 6) is -1.39. The van der Waals surface area contributed by atoms with Crippen molar-refractivity contribution in [2.45, 2.75) is 48.5 Å². The molecule has 0 aliphatic carbocycles. The molecule has 2 aromatic carbocycles. The Bertz CT molecular complexity index is 1440. The molecule has 0 unspecified atom stereocenters. The van der Waals surface area contributed by atoms with Gasteiger partial charge in [0.05, 0.1) is 25.4 Å². The fourth-order valence-electron chi connectivity index (χ4n) is 4.90. The Kier molecular flexibility index (Phi) is 7.47. The van der Waals surface area contributed by atoms with Crippen molar-refractivity contribution in [3.63, 3.8) is 0 Å². The molecule has 0 saturated carbocycles. The van der Waals surface area contributed by atoms with Gasteiger partial charge in [-0.3, -0.25) is 4.79 Å². The topological polar surface area (TPSA) is 240 Å². The second kappa shape index (κ2) is 10.6. The average molecular weight is 564 g/mol. The fraction of sp³-hybridized carbons (Fsp3) is 0.423. The van der Waals surface area contributed by atoms with Gasteiger partial charge in [-0.1, -0.05) is 0 Å². The molecule has 2 aliphatic heterocycles. The first-order valence-electron chi connectivity index (χ1n) is 12.2. The van der Waals surface area contributed by atoms with Gasteiger partial charge in [0.1, 0.15) is 70.6 Å². The lowest BCUT2D eigenvalue weighted by molar-refractivity contribution is -0.286. The molecule has 14 nitrogen and oxygen atoms in total. The molecule has 2 fully saturated rings. The molecule has 0 amide bonds. The highest BCUT2D eigenvalue weighted by Crippen LogP contribution is 2.45. The molecule has 40 heavy (non-hydrogen) atoms. The van der Waals surface area contributed by atoms with Crippen LogP contribution >= 0.6 is 0 Å². The molecule has 0 bridgehead atoms.